The molecule has 2 amide bonds. The molecular weight excluding hydrogens is 332 g/mol. The van der Waals surface area contributed by atoms with Crippen molar-refractivity contribution in [1.29, 1.82) is 0 Å². The van der Waals surface area contributed by atoms with E-state index in [4.69, 9.17) is 0 Å². The topological polar surface area (TPSA) is 107 Å². The Morgan fingerprint density at radius 3 is 2.19 bits per heavy atom. The zero-order valence-corrected chi connectivity index (χ0v) is 13.5. The molecular formula is C18H14N6O2. The molecule has 0 radical (unpaired) electrons. The number of nitrogens with zero attached hydrogens (tertiary/aromatic N) is 3. The van der Waals surface area contributed by atoms with E-state index in [9.17, 15) is 9.59 Å². The van der Waals surface area contributed by atoms with Gasteiger partial charge < -0.3 is 4.98 Å². The minimum Gasteiger partial charge on any atom is -0.339 e. The molecule has 2 aromatic carbocycles. The van der Waals surface area contributed by atoms with Crippen molar-refractivity contribution in [1.82, 2.24) is 19.9 Å². The lowest BCUT2D eigenvalue weighted by Gasteiger charge is -2.23. The Balaban J connectivity index is 1.71. The molecule has 128 valence electrons. The number of amides is 2. The van der Waals surface area contributed by atoms with E-state index in [-0.39, 0.29) is 17.1 Å². The summed E-state index contributed by atoms with van der Waals surface area (Å²) >= 11 is 0. The first-order valence-electron chi connectivity index (χ1n) is 7.87. The second-order valence-electron chi connectivity index (χ2n) is 5.45. The maximum Gasteiger partial charge on any atom is 0.333 e. The number of hydrogen-bond acceptors (Lipinski definition) is 4. The number of urea groups is 1. The van der Waals surface area contributed by atoms with Crippen LogP contribution in [0.25, 0.3) is 11.2 Å². The van der Waals surface area contributed by atoms with Crippen LogP contribution in [0.4, 0.5) is 22.1 Å². The number of carbonyl (C=O) groups is 1. The van der Waals surface area contributed by atoms with Crippen molar-refractivity contribution in [2.45, 2.75) is 0 Å². The fourth-order valence-electron chi connectivity index (χ4n) is 2.60. The van der Waals surface area contributed by atoms with Gasteiger partial charge in [0.25, 0.3) is 5.56 Å². The standard InChI is InChI=1S/C18H14N6O2/c25-16-14-15(20-11-19-14)21-17(22-16)23-18(26)24(12-7-3-1-4-8-12)13-9-5-2-6-10-13/h1-11H,(H3,19,20,21,22,23,25,26). The number of hydrogen-bond donors (Lipinski definition) is 3. The van der Waals surface area contributed by atoms with Gasteiger partial charge >= 0.3 is 6.03 Å². The number of aromatic amines is 2. The molecule has 3 N–H and O–H groups in total. The first-order valence-corrected chi connectivity index (χ1v) is 7.87. The van der Waals surface area contributed by atoms with E-state index in [2.05, 4.69) is 25.3 Å². The highest BCUT2D eigenvalue weighted by atomic mass is 16.2. The Bertz CT molecular complexity index is 1070. The summed E-state index contributed by atoms with van der Waals surface area (Å²) in [5, 5.41) is 2.63. The molecule has 0 aliphatic rings. The van der Waals surface area contributed by atoms with Crippen molar-refractivity contribution >= 4 is 34.5 Å². The Hall–Kier alpha value is -3.94. The summed E-state index contributed by atoms with van der Waals surface area (Å²) in [5.41, 5.74) is 1.44. The molecule has 26 heavy (non-hydrogen) atoms. The SMILES string of the molecule is O=C(Nc1nc2nc[nH]c2c(=O)[nH]1)N(c1ccccc1)c1ccccc1. The largest absolute Gasteiger partial charge is 0.339 e. The van der Waals surface area contributed by atoms with E-state index in [0.717, 1.165) is 0 Å². The molecule has 2 aromatic heterocycles. The monoisotopic (exact) mass is 346 g/mol. The summed E-state index contributed by atoms with van der Waals surface area (Å²) < 4.78 is 0. The Kier molecular flexibility index (Phi) is 3.91. The molecule has 8 heteroatoms. The molecule has 4 rings (SSSR count). The second kappa shape index (κ2) is 6.52. The maximum atomic E-state index is 12.9. The Morgan fingerprint density at radius 2 is 1.58 bits per heavy atom. The van der Waals surface area contributed by atoms with Crippen LogP contribution >= 0.6 is 0 Å². The zero-order valence-electron chi connectivity index (χ0n) is 13.5. The van der Waals surface area contributed by atoms with Gasteiger partial charge in [-0.15, -0.1) is 0 Å². The van der Waals surface area contributed by atoms with Crippen molar-refractivity contribution < 1.29 is 4.79 Å². The first-order chi connectivity index (χ1) is 12.7. The smallest absolute Gasteiger partial charge is 0.333 e. The fourth-order valence-corrected chi connectivity index (χ4v) is 2.60. The van der Waals surface area contributed by atoms with Crippen molar-refractivity contribution in [2.24, 2.45) is 0 Å². The van der Waals surface area contributed by atoms with Gasteiger partial charge in [0, 0.05) is 0 Å². The molecule has 0 aliphatic heterocycles. The van der Waals surface area contributed by atoms with Gasteiger partial charge in [0.05, 0.1) is 17.7 Å². The van der Waals surface area contributed by atoms with E-state index in [1.807, 2.05) is 60.7 Å². The molecule has 2 heterocycles. The number of nitrogens with one attached hydrogen (secondary N) is 3. The highest BCUT2D eigenvalue weighted by molar-refractivity contribution is 6.06. The lowest BCUT2D eigenvalue weighted by atomic mass is 10.2. The summed E-state index contributed by atoms with van der Waals surface area (Å²) in [6, 6.07) is 17.9. The van der Waals surface area contributed by atoms with Crippen LogP contribution in [-0.2, 0) is 0 Å². The number of carbonyl (C=O) groups excluding carboxylic acids is 1. The van der Waals surface area contributed by atoms with Crippen molar-refractivity contribution in [3.63, 3.8) is 0 Å². The molecule has 0 spiro atoms. The molecule has 0 fully saturated rings. The number of benzene rings is 2. The zero-order chi connectivity index (χ0) is 17.9. The van der Waals surface area contributed by atoms with E-state index in [0.29, 0.717) is 11.4 Å². The number of imidazole rings is 1. The van der Waals surface area contributed by atoms with Crippen LogP contribution in [0.5, 0.6) is 0 Å². The van der Waals surface area contributed by atoms with Gasteiger partial charge in [-0.3, -0.25) is 20.0 Å². The van der Waals surface area contributed by atoms with Gasteiger partial charge in [-0.1, -0.05) is 36.4 Å². The minimum atomic E-state index is -0.458. The van der Waals surface area contributed by atoms with Crippen LogP contribution in [0.1, 0.15) is 0 Å². The highest BCUT2D eigenvalue weighted by Gasteiger charge is 2.19. The van der Waals surface area contributed by atoms with E-state index in [1.54, 1.807) is 0 Å². The average Bonchev–Trinajstić information content (AvgIpc) is 3.13. The van der Waals surface area contributed by atoms with Crippen LogP contribution < -0.4 is 15.8 Å². The average molecular weight is 346 g/mol. The summed E-state index contributed by atoms with van der Waals surface area (Å²) in [6.07, 6.45) is 1.37. The van der Waals surface area contributed by atoms with Gasteiger partial charge in [0.1, 0.15) is 0 Å². The van der Waals surface area contributed by atoms with E-state index >= 15 is 0 Å². The van der Waals surface area contributed by atoms with Crippen LogP contribution in [0, 0.1) is 0 Å². The number of rotatable bonds is 3. The van der Waals surface area contributed by atoms with Crippen molar-refractivity contribution in [3.8, 4) is 0 Å². The third-order valence-corrected chi connectivity index (χ3v) is 3.75. The van der Waals surface area contributed by atoms with Gasteiger partial charge in [0.15, 0.2) is 11.2 Å². The predicted octanol–water partition coefficient (Wildman–Crippen LogP) is 3.02. The lowest BCUT2D eigenvalue weighted by Crippen LogP contribution is -2.32. The van der Waals surface area contributed by atoms with Crippen LogP contribution in [0.15, 0.2) is 71.8 Å². The number of para-hydroxylation sites is 2. The molecule has 0 unspecified atom stereocenters. The van der Waals surface area contributed by atoms with E-state index in [1.165, 1.54) is 11.2 Å². The molecule has 0 saturated carbocycles. The summed E-state index contributed by atoms with van der Waals surface area (Å²) in [5.74, 6) is 0.0245. The summed E-state index contributed by atoms with van der Waals surface area (Å²) in [4.78, 5) is 39.8. The molecule has 8 nitrogen and oxygen atoms in total. The Labute approximate surface area is 147 Å². The third-order valence-electron chi connectivity index (χ3n) is 3.75. The van der Waals surface area contributed by atoms with Crippen LogP contribution in [0.2, 0.25) is 0 Å². The van der Waals surface area contributed by atoms with Gasteiger partial charge in [-0.2, -0.15) is 4.98 Å². The predicted molar refractivity (Wildman–Crippen MR) is 98.6 cm³/mol. The molecule has 0 aliphatic carbocycles. The highest BCUT2D eigenvalue weighted by Crippen LogP contribution is 2.25. The fraction of sp³-hybridized carbons (Fsp3) is 0. The summed E-state index contributed by atoms with van der Waals surface area (Å²) in [7, 11) is 0. The van der Waals surface area contributed by atoms with Crippen molar-refractivity contribution in [3.05, 3.63) is 77.3 Å². The maximum absolute atomic E-state index is 12.9. The van der Waals surface area contributed by atoms with Crippen molar-refractivity contribution in [2.75, 3.05) is 10.2 Å². The number of fused-ring (bicyclic) bond motifs is 1. The van der Waals surface area contributed by atoms with Gasteiger partial charge in [-0.05, 0) is 24.3 Å². The van der Waals surface area contributed by atoms with Crippen LogP contribution in [0.3, 0.4) is 0 Å². The number of H-pyrrole nitrogens is 2. The quantitative estimate of drug-likeness (QED) is 0.530. The van der Waals surface area contributed by atoms with Gasteiger partial charge in [0.2, 0.25) is 5.95 Å². The van der Waals surface area contributed by atoms with Gasteiger partial charge in [-0.25, -0.2) is 9.78 Å². The minimum absolute atomic E-state index is 0.0245. The number of aromatic nitrogens is 4. The molecule has 4 aromatic rings. The molecule has 0 saturated heterocycles. The van der Waals surface area contributed by atoms with E-state index < -0.39 is 11.6 Å². The normalized spacial score (nSPS) is 10.6. The molecule has 0 atom stereocenters. The second-order valence-corrected chi connectivity index (χ2v) is 5.45. The first kappa shape index (κ1) is 15.6. The summed E-state index contributed by atoms with van der Waals surface area (Å²) in [6.45, 7) is 0. The number of anilines is 3. The van der Waals surface area contributed by atoms with Crippen LogP contribution in [-0.4, -0.2) is 26.0 Å². The Morgan fingerprint density at radius 1 is 0.962 bits per heavy atom. The lowest BCUT2D eigenvalue weighted by molar-refractivity contribution is 0.259. The third kappa shape index (κ3) is 2.91. The molecule has 0 bridgehead atoms.